The summed E-state index contributed by atoms with van der Waals surface area (Å²) >= 11 is 0. The van der Waals surface area contributed by atoms with Crippen molar-refractivity contribution in [3.05, 3.63) is 120 Å². The van der Waals surface area contributed by atoms with Gasteiger partial charge in [0.15, 0.2) is 0 Å². The number of amides is 4. The van der Waals surface area contributed by atoms with Crippen LogP contribution in [0.2, 0.25) is 0 Å². The van der Waals surface area contributed by atoms with Gasteiger partial charge in [0, 0.05) is 35.4 Å². The summed E-state index contributed by atoms with van der Waals surface area (Å²) in [4.78, 5) is 59.4. The quantitative estimate of drug-likeness (QED) is 0.174. The molecule has 4 amide bonds. The van der Waals surface area contributed by atoms with Crippen LogP contribution in [0.1, 0.15) is 42.4 Å². The van der Waals surface area contributed by atoms with Crippen molar-refractivity contribution in [2.45, 2.75) is 50.6 Å². The summed E-state index contributed by atoms with van der Waals surface area (Å²) in [6.07, 6.45) is 3.24. The van der Waals surface area contributed by atoms with E-state index in [0.717, 1.165) is 35.0 Å². The van der Waals surface area contributed by atoms with E-state index in [-0.39, 0.29) is 36.5 Å². The van der Waals surface area contributed by atoms with Gasteiger partial charge in [-0.3, -0.25) is 19.2 Å². The molecule has 3 N–H and O–H groups in total. The number of carbonyl (C=O) groups is 4. The topological polar surface area (TPSA) is 138 Å². The summed E-state index contributed by atoms with van der Waals surface area (Å²) in [5.74, 6) is -0.604. The molecule has 256 valence electrons. The predicted octanol–water partition coefficient (Wildman–Crippen LogP) is 6.05. The highest BCUT2D eigenvalue weighted by atomic mass is 16.2. The Kier molecular flexibility index (Phi) is 9.61. The zero-order chi connectivity index (χ0) is 35.3. The van der Waals surface area contributed by atoms with Crippen LogP contribution in [0.25, 0.3) is 22.2 Å². The predicted molar refractivity (Wildman–Crippen MR) is 195 cm³/mol. The number of aromatic amines is 1. The SMILES string of the molecule is N#Cc1c(-c2ccc(NC(=O)C3CCCN3C(=O)Cc3ccccc3)cc2)[nH]c2ccc(NC(=O)[C@@H]3CCCN3C(=O)Cc3ccccc3)cc12. The summed E-state index contributed by atoms with van der Waals surface area (Å²) in [6.45, 7) is 1.09. The van der Waals surface area contributed by atoms with Crippen LogP contribution in [-0.2, 0) is 32.0 Å². The number of anilines is 2. The molecule has 10 heteroatoms. The zero-order valence-corrected chi connectivity index (χ0v) is 28.1. The van der Waals surface area contributed by atoms with Crippen molar-refractivity contribution in [2.24, 2.45) is 0 Å². The minimum Gasteiger partial charge on any atom is -0.353 e. The van der Waals surface area contributed by atoms with Crippen molar-refractivity contribution in [3.63, 3.8) is 0 Å². The van der Waals surface area contributed by atoms with Gasteiger partial charge in [0.2, 0.25) is 23.6 Å². The van der Waals surface area contributed by atoms with Crippen LogP contribution in [0.15, 0.2) is 103 Å². The standard InChI is InChI=1S/C41H38N6O4/c42-26-33-32-25-31(44-41(51)36-14-8-22-47(36)38(49)24-28-11-5-2-6-12-28)19-20-34(32)45-39(33)29-15-17-30(18-16-29)43-40(50)35-13-7-21-46(35)37(48)23-27-9-3-1-4-10-27/h1-6,9-12,15-20,25,35-36,45H,7-8,13-14,21-24H2,(H,43,50)(H,44,51)/t35?,36-/m0/s1. The number of likely N-dealkylation sites (tertiary alicyclic amines) is 2. The summed E-state index contributed by atoms with van der Waals surface area (Å²) in [7, 11) is 0. The Balaban J connectivity index is 1.01. The highest BCUT2D eigenvalue weighted by Gasteiger charge is 2.35. The Bertz CT molecular complexity index is 2120. The first-order chi connectivity index (χ1) is 24.9. The molecule has 0 radical (unpaired) electrons. The van der Waals surface area contributed by atoms with E-state index in [9.17, 15) is 24.4 Å². The van der Waals surface area contributed by atoms with Gasteiger partial charge in [-0.25, -0.2) is 0 Å². The number of aromatic nitrogens is 1. The molecule has 2 aliphatic rings. The lowest BCUT2D eigenvalue weighted by molar-refractivity contribution is -0.136. The second-order valence-corrected chi connectivity index (χ2v) is 13.1. The number of nitrogens with one attached hydrogen (secondary N) is 3. The Morgan fingerprint density at radius 2 is 1.20 bits per heavy atom. The number of nitrogens with zero attached hydrogens (tertiary/aromatic N) is 3. The summed E-state index contributed by atoms with van der Waals surface area (Å²) in [5.41, 5.74) is 5.50. The smallest absolute Gasteiger partial charge is 0.247 e. The number of hydrogen-bond acceptors (Lipinski definition) is 5. The number of carbonyl (C=O) groups excluding carboxylic acids is 4. The highest BCUT2D eigenvalue weighted by molar-refractivity contribution is 6.02. The van der Waals surface area contributed by atoms with Crippen LogP contribution in [0, 0.1) is 11.3 Å². The van der Waals surface area contributed by atoms with Crippen LogP contribution < -0.4 is 10.6 Å². The largest absolute Gasteiger partial charge is 0.353 e. The molecule has 2 aliphatic heterocycles. The molecule has 51 heavy (non-hydrogen) atoms. The molecule has 4 aromatic carbocycles. The third kappa shape index (κ3) is 7.24. The molecule has 2 fully saturated rings. The van der Waals surface area contributed by atoms with Gasteiger partial charge in [0.05, 0.1) is 24.1 Å². The van der Waals surface area contributed by atoms with E-state index >= 15 is 0 Å². The first kappa shape index (κ1) is 33.3. The number of benzene rings is 4. The lowest BCUT2D eigenvalue weighted by atomic mass is 10.1. The van der Waals surface area contributed by atoms with E-state index in [2.05, 4.69) is 21.7 Å². The van der Waals surface area contributed by atoms with Gasteiger partial charge in [0.25, 0.3) is 0 Å². The molecule has 0 saturated carbocycles. The van der Waals surface area contributed by atoms with Gasteiger partial charge in [-0.05, 0) is 72.7 Å². The van der Waals surface area contributed by atoms with Gasteiger partial charge >= 0.3 is 0 Å². The molecular weight excluding hydrogens is 640 g/mol. The second-order valence-electron chi connectivity index (χ2n) is 13.1. The van der Waals surface area contributed by atoms with E-state index < -0.39 is 12.1 Å². The Hall–Kier alpha value is -6.21. The molecule has 10 nitrogen and oxygen atoms in total. The van der Waals surface area contributed by atoms with Crippen molar-refractivity contribution >= 4 is 45.9 Å². The van der Waals surface area contributed by atoms with Crippen molar-refractivity contribution in [3.8, 4) is 17.3 Å². The van der Waals surface area contributed by atoms with Gasteiger partial charge in [-0.2, -0.15) is 5.26 Å². The monoisotopic (exact) mass is 678 g/mol. The Morgan fingerprint density at radius 3 is 1.73 bits per heavy atom. The fraction of sp³-hybridized carbons (Fsp3) is 0.244. The van der Waals surface area contributed by atoms with E-state index in [1.165, 1.54) is 0 Å². The van der Waals surface area contributed by atoms with Crippen molar-refractivity contribution < 1.29 is 19.2 Å². The average Bonchev–Trinajstić information content (AvgIpc) is 3.92. The van der Waals surface area contributed by atoms with Crippen molar-refractivity contribution in [2.75, 3.05) is 23.7 Å². The molecule has 0 aliphatic carbocycles. The molecule has 5 aromatic rings. The van der Waals surface area contributed by atoms with Gasteiger partial charge in [-0.1, -0.05) is 72.8 Å². The molecule has 0 spiro atoms. The minimum atomic E-state index is -0.556. The fourth-order valence-electron chi connectivity index (χ4n) is 7.19. The molecule has 2 atom stereocenters. The van der Waals surface area contributed by atoms with Gasteiger partial charge in [-0.15, -0.1) is 0 Å². The van der Waals surface area contributed by atoms with Crippen LogP contribution in [0.5, 0.6) is 0 Å². The second kappa shape index (κ2) is 14.7. The summed E-state index contributed by atoms with van der Waals surface area (Å²) in [6, 6.07) is 32.9. The van der Waals surface area contributed by atoms with Crippen LogP contribution in [-0.4, -0.2) is 63.6 Å². The number of fused-ring (bicyclic) bond motifs is 1. The van der Waals surface area contributed by atoms with Crippen LogP contribution >= 0.6 is 0 Å². The maximum Gasteiger partial charge on any atom is 0.247 e. The summed E-state index contributed by atoms with van der Waals surface area (Å²) in [5, 5.41) is 16.8. The minimum absolute atomic E-state index is 0.0609. The zero-order valence-electron chi connectivity index (χ0n) is 28.1. The molecule has 1 unspecified atom stereocenters. The average molecular weight is 679 g/mol. The van der Waals surface area contributed by atoms with Crippen molar-refractivity contribution in [1.82, 2.24) is 14.8 Å². The number of nitriles is 1. The third-order valence-electron chi connectivity index (χ3n) is 9.77. The highest BCUT2D eigenvalue weighted by Crippen LogP contribution is 2.33. The van der Waals surface area contributed by atoms with E-state index in [1.807, 2.05) is 78.9 Å². The Morgan fingerprint density at radius 1 is 0.686 bits per heavy atom. The third-order valence-corrected chi connectivity index (χ3v) is 9.77. The van der Waals surface area contributed by atoms with E-state index in [0.29, 0.717) is 53.9 Å². The molecule has 3 heterocycles. The maximum absolute atomic E-state index is 13.4. The molecule has 0 bridgehead atoms. The first-order valence-electron chi connectivity index (χ1n) is 17.3. The van der Waals surface area contributed by atoms with E-state index in [4.69, 9.17) is 0 Å². The van der Waals surface area contributed by atoms with Crippen molar-refractivity contribution in [1.29, 1.82) is 5.26 Å². The Labute approximate surface area is 296 Å². The van der Waals surface area contributed by atoms with Crippen LogP contribution in [0.4, 0.5) is 11.4 Å². The molecule has 1 aromatic heterocycles. The normalized spacial score (nSPS) is 16.9. The van der Waals surface area contributed by atoms with Gasteiger partial charge < -0.3 is 25.4 Å². The lowest BCUT2D eigenvalue weighted by Crippen LogP contribution is -2.43. The lowest BCUT2D eigenvalue weighted by Gasteiger charge is -2.24. The molecule has 2 saturated heterocycles. The number of hydrogen-bond donors (Lipinski definition) is 3. The fourth-order valence-corrected chi connectivity index (χ4v) is 7.19. The van der Waals surface area contributed by atoms with Crippen LogP contribution in [0.3, 0.4) is 0 Å². The first-order valence-corrected chi connectivity index (χ1v) is 17.3. The maximum atomic E-state index is 13.4. The number of rotatable bonds is 9. The van der Waals surface area contributed by atoms with Gasteiger partial charge in [0.1, 0.15) is 18.2 Å². The molecule has 7 rings (SSSR count). The summed E-state index contributed by atoms with van der Waals surface area (Å²) < 4.78 is 0. The number of H-pyrrole nitrogens is 1. The molecular formula is C41H38N6O4. The van der Waals surface area contributed by atoms with E-state index in [1.54, 1.807) is 34.1 Å².